The van der Waals surface area contributed by atoms with Crippen LogP contribution in [0, 0.1) is 19.8 Å². The number of carboxylic acid groups (broad SMARTS) is 1. The Balaban J connectivity index is 2.25. The van der Waals surface area contributed by atoms with Crippen LogP contribution in [0.2, 0.25) is 0 Å². The van der Waals surface area contributed by atoms with E-state index < -0.39 is 21.9 Å². The molecule has 1 fully saturated rings. The average Bonchev–Trinajstić information content (AvgIpc) is 2.41. The van der Waals surface area contributed by atoms with E-state index in [2.05, 4.69) is 10.2 Å². The minimum Gasteiger partial charge on any atom is -0.481 e. The number of aryl methyl sites for hydroxylation is 2. The lowest BCUT2D eigenvalue weighted by molar-refractivity contribution is -0.145. The third kappa shape index (κ3) is 1.83. The number of nitrogens with zero attached hydrogens (tertiary/aromatic N) is 2. The van der Waals surface area contributed by atoms with Crippen LogP contribution in [0.4, 0.5) is 0 Å². The molecule has 1 aliphatic heterocycles. The Bertz CT molecular complexity index is 537. The van der Waals surface area contributed by atoms with Gasteiger partial charge in [-0.25, -0.2) is 8.42 Å². The summed E-state index contributed by atoms with van der Waals surface area (Å²) >= 11 is 0. The van der Waals surface area contributed by atoms with E-state index in [1.807, 2.05) is 0 Å². The Labute approximate surface area is 98.5 Å². The monoisotopic (exact) mass is 259 g/mol. The summed E-state index contributed by atoms with van der Waals surface area (Å²) in [4.78, 5) is 10.8. The second-order valence-electron chi connectivity index (χ2n) is 4.12. The molecule has 0 amide bonds. The number of H-pyrrole nitrogens is 1. The smallest absolute Gasteiger partial charge is 0.309 e. The van der Waals surface area contributed by atoms with Gasteiger partial charge in [0, 0.05) is 13.1 Å². The molecule has 0 aromatic carbocycles. The van der Waals surface area contributed by atoms with Crippen LogP contribution >= 0.6 is 0 Å². The summed E-state index contributed by atoms with van der Waals surface area (Å²) in [6, 6.07) is 0. The number of sulfonamides is 1. The van der Waals surface area contributed by atoms with Crippen molar-refractivity contribution in [3.05, 3.63) is 11.4 Å². The Morgan fingerprint density at radius 1 is 1.47 bits per heavy atom. The lowest BCUT2D eigenvalue weighted by atomic mass is 10.0. The first-order valence-electron chi connectivity index (χ1n) is 5.08. The number of hydrogen-bond donors (Lipinski definition) is 2. The third-order valence-electron chi connectivity index (χ3n) is 2.86. The Hall–Kier alpha value is -1.41. The van der Waals surface area contributed by atoms with Gasteiger partial charge < -0.3 is 5.11 Å². The molecule has 0 unspecified atom stereocenters. The van der Waals surface area contributed by atoms with Crippen molar-refractivity contribution < 1.29 is 18.3 Å². The van der Waals surface area contributed by atoms with Gasteiger partial charge in [0.1, 0.15) is 4.90 Å². The number of nitrogens with one attached hydrogen (secondary N) is 1. The third-order valence-corrected chi connectivity index (χ3v) is 4.95. The van der Waals surface area contributed by atoms with E-state index in [1.54, 1.807) is 13.8 Å². The Morgan fingerprint density at radius 3 is 2.47 bits per heavy atom. The van der Waals surface area contributed by atoms with Crippen molar-refractivity contribution >= 4 is 16.0 Å². The topological polar surface area (TPSA) is 103 Å². The lowest BCUT2D eigenvalue weighted by Gasteiger charge is -2.35. The zero-order chi connectivity index (χ0) is 12.8. The predicted octanol–water partition coefficient (Wildman–Crippen LogP) is -0.268. The van der Waals surface area contributed by atoms with Gasteiger partial charge in [-0.1, -0.05) is 0 Å². The quantitative estimate of drug-likeness (QED) is 0.777. The average molecular weight is 259 g/mol. The van der Waals surface area contributed by atoms with Crippen LogP contribution in [0.25, 0.3) is 0 Å². The van der Waals surface area contributed by atoms with Crippen molar-refractivity contribution in [3.63, 3.8) is 0 Å². The standard InChI is InChI=1S/C9H13N3O4S/c1-5-8(6(2)11-10-5)17(15,16)12-3-7(4-12)9(13)14/h7H,3-4H2,1-2H3,(H,10,11)(H,13,14). The maximum atomic E-state index is 12.2. The fraction of sp³-hybridized carbons (Fsp3) is 0.556. The number of aliphatic carboxylic acids is 1. The van der Waals surface area contributed by atoms with Gasteiger partial charge in [-0.3, -0.25) is 9.89 Å². The predicted molar refractivity (Wildman–Crippen MR) is 57.9 cm³/mol. The van der Waals surface area contributed by atoms with E-state index in [-0.39, 0.29) is 18.0 Å². The van der Waals surface area contributed by atoms with E-state index >= 15 is 0 Å². The van der Waals surface area contributed by atoms with Gasteiger partial charge >= 0.3 is 5.97 Å². The second kappa shape index (κ2) is 3.81. The molecule has 7 nitrogen and oxygen atoms in total. The van der Waals surface area contributed by atoms with E-state index in [4.69, 9.17) is 5.11 Å². The van der Waals surface area contributed by atoms with Crippen molar-refractivity contribution in [2.24, 2.45) is 5.92 Å². The molecule has 2 N–H and O–H groups in total. The molecule has 0 aliphatic carbocycles. The Kier molecular flexibility index (Phi) is 2.70. The minimum atomic E-state index is -3.61. The van der Waals surface area contributed by atoms with Crippen LogP contribution in [-0.4, -0.2) is 47.1 Å². The minimum absolute atomic E-state index is 0.0295. The van der Waals surface area contributed by atoms with Crippen molar-refractivity contribution in [2.75, 3.05) is 13.1 Å². The molecule has 2 rings (SSSR count). The summed E-state index contributed by atoms with van der Waals surface area (Å²) < 4.78 is 25.5. The molecule has 1 saturated heterocycles. The summed E-state index contributed by atoms with van der Waals surface area (Å²) in [6.07, 6.45) is 0. The fourth-order valence-corrected chi connectivity index (χ4v) is 3.70. The van der Waals surface area contributed by atoms with E-state index in [1.165, 1.54) is 0 Å². The summed E-state index contributed by atoms with van der Waals surface area (Å²) in [7, 11) is -3.61. The maximum absolute atomic E-state index is 12.2. The van der Waals surface area contributed by atoms with Gasteiger partial charge in [-0.2, -0.15) is 9.40 Å². The van der Waals surface area contributed by atoms with Crippen molar-refractivity contribution in [1.82, 2.24) is 14.5 Å². The fourth-order valence-electron chi connectivity index (χ4n) is 1.84. The summed E-state index contributed by atoms with van der Waals surface area (Å²) in [5.41, 5.74) is 0.877. The van der Waals surface area contributed by atoms with Crippen molar-refractivity contribution in [2.45, 2.75) is 18.7 Å². The van der Waals surface area contributed by atoms with Gasteiger partial charge in [0.25, 0.3) is 0 Å². The Morgan fingerprint density at radius 2 is 2.06 bits per heavy atom. The summed E-state index contributed by atoms with van der Waals surface area (Å²) in [5, 5.41) is 15.2. The molecule has 1 aromatic rings. The van der Waals surface area contributed by atoms with Crippen LogP contribution in [-0.2, 0) is 14.8 Å². The number of carboxylic acids is 1. The molecule has 0 bridgehead atoms. The second-order valence-corrected chi connectivity index (χ2v) is 6.00. The van der Waals surface area contributed by atoms with Crippen molar-refractivity contribution in [3.8, 4) is 0 Å². The largest absolute Gasteiger partial charge is 0.481 e. The SMILES string of the molecule is Cc1n[nH]c(C)c1S(=O)(=O)N1CC(C(=O)O)C1. The molecule has 94 valence electrons. The highest BCUT2D eigenvalue weighted by Gasteiger charge is 2.42. The van der Waals surface area contributed by atoms with Crippen LogP contribution < -0.4 is 0 Å². The van der Waals surface area contributed by atoms with Gasteiger partial charge in [0.15, 0.2) is 0 Å². The molecule has 2 heterocycles. The van der Waals surface area contributed by atoms with Crippen molar-refractivity contribution in [1.29, 1.82) is 0 Å². The summed E-state index contributed by atoms with van der Waals surface area (Å²) in [5.74, 6) is -1.56. The van der Waals surface area contributed by atoms with Gasteiger partial charge in [0.05, 0.1) is 17.3 Å². The molecule has 17 heavy (non-hydrogen) atoms. The highest BCUT2D eigenvalue weighted by molar-refractivity contribution is 7.89. The van der Waals surface area contributed by atoms with Gasteiger partial charge in [-0.15, -0.1) is 0 Å². The van der Waals surface area contributed by atoms with Crippen LogP contribution in [0.5, 0.6) is 0 Å². The van der Waals surface area contributed by atoms with E-state index in [0.29, 0.717) is 11.4 Å². The van der Waals surface area contributed by atoms with Crippen LogP contribution in [0.3, 0.4) is 0 Å². The van der Waals surface area contributed by atoms with Gasteiger partial charge in [0.2, 0.25) is 10.0 Å². The number of aromatic amines is 1. The molecule has 1 aromatic heterocycles. The van der Waals surface area contributed by atoms with E-state index in [9.17, 15) is 13.2 Å². The molecule has 8 heteroatoms. The zero-order valence-electron chi connectivity index (χ0n) is 9.47. The molecule has 0 saturated carbocycles. The number of aromatic nitrogens is 2. The maximum Gasteiger partial charge on any atom is 0.309 e. The summed E-state index contributed by atoms with van der Waals surface area (Å²) in [6.45, 7) is 3.29. The number of carbonyl (C=O) groups is 1. The highest BCUT2D eigenvalue weighted by Crippen LogP contribution is 2.28. The first-order chi connectivity index (χ1) is 7.84. The lowest BCUT2D eigenvalue weighted by Crippen LogP contribution is -2.52. The first-order valence-corrected chi connectivity index (χ1v) is 6.52. The number of rotatable bonds is 3. The van der Waals surface area contributed by atoms with Crippen LogP contribution in [0.1, 0.15) is 11.4 Å². The highest BCUT2D eigenvalue weighted by atomic mass is 32.2. The molecular weight excluding hydrogens is 246 g/mol. The zero-order valence-corrected chi connectivity index (χ0v) is 10.3. The molecule has 0 spiro atoms. The number of hydrogen-bond acceptors (Lipinski definition) is 4. The normalized spacial score (nSPS) is 18.0. The van der Waals surface area contributed by atoms with Crippen LogP contribution in [0.15, 0.2) is 4.90 Å². The molecular formula is C9H13N3O4S. The molecule has 0 radical (unpaired) electrons. The molecule has 1 aliphatic rings. The van der Waals surface area contributed by atoms with E-state index in [0.717, 1.165) is 4.31 Å². The van der Waals surface area contributed by atoms with Gasteiger partial charge in [-0.05, 0) is 13.8 Å². The molecule has 0 atom stereocenters. The first kappa shape index (κ1) is 12.1.